The van der Waals surface area contributed by atoms with Crippen LogP contribution in [0.2, 0.25) is 5.02 Å². The fraction of sp³-hybridized carbons (Fsp3) is 0.333. The summed E-state index contributed by atoms with van der Waals surface area (Å²) < 4.78 is 18.5. The van der Waals surface area contributed by atoms with Crippen LogP contribution < -0.4 is 0 Å². The molecule has 10 heteroatoms. The molecule has 4 aromatic heterocycles. The second-order valence-electron chi connectivity index (χ2n) is 8.62. The fourth-order valence-corrected chi connectivity index (χ4v) is 5.59. The van der Waals surface area contributed by atoms with E-state index in [9.17, 15) is 9.65 Å². The Balaban J connectivity index is 1.59. The number of nitrogens with zero attached hydrogens (tertiary/aromatic N) is 7. The van der Waals surface area contributed by atoms with E-state index in [0.717, 1.165) is 54.5 Å². The van der Waals surface area contributed by atoms with Gasteiger partial charge in [-0.3, -0.25) is 4.68 Å². The quantitative estimate of drug-likeness (QED) is 0.383. The number of halogens is 2. The largest absolute Gasteiger partial charge is 0.306 e. The summed E-state index contributed by atoms with van der Waals surface area (Å²) in [7, 11) is 2.14. The maximum absolute atomic E-state index is 14.7. The normalized spacial score (nSPS) is 15.2. The summed E-state index contributed by atoms with van der Waals surface area (Å²) in [6.45, 7) is 5.91. The molecule has 0 aromatic carbocycles. The summed E-state index contributed by atoms with van der Waals surface area (Å²) in [6.07, 6.45) is 7.41. The highest BCUT2D eigenvalue weighted by atomic mass is 35.5. The maximum Gasteiger partial charge on any atom is 0.157 e. The van der Waals surface area contributed by atoms with E-state index < -0.39 is 5.82 Å². The number of rotatable bonds is 4. The first kappa shape index (κ1) is 22.8. The van der Waals surface area contributed by atoms with Crippen LogP contribution in [0.5, 0.6) is 0 Å². The first-order valence-electron chi connectivity index (χ1n) is 11.0. The van der Waals surface area contributed by atoms with E-state index in [2.05, 4.69) is 39.7 Å². The molecule has 5 rings (SSSR count). The van der Waals surface area contributed by atoms with Crippen LogP contribution in [0.15, 0.2) is 40.6 Å². The number of aromatic nitrogens is 5. The maximum atomic E-state index is 14.7. The molecule has 0 radical (unpaired) electrons. The van der Waals surface area contributed by atoms with Crippen LogP contribution in [0, 0.1) is 31.0 Å². The molecule has 0 saturated carbocycles. The molecule has 4 aromatic rings. The van der Waals surface area contributed by atoms with Gasteiger partial charge in [-0.2, -0.15) is 15.5 Å². The lowest BCUT2D eigenvalue weighted by Gasteiger charge is -2.29. The molecule has 0 N–H and O–H groups in total. The van der Waals surface area contributed by atoms with Crippen molar-refractivity contribution in [1.82, 2.24) is 29.3 Å². The van der Waals surface area contributed by atoms with E-state index in [4.69, 9.17) is 16.7 Å². The van der Waals surface area contributed by atoms with Crippen LogP contribution in [0.3, 0.4) is 0 Å². The predicted molar refractivity (Wildman–Crippen MR) is 130 cm³/mol. The summed E-state index contributed by atoms with van der Waals surface area (Å²) in [5, 5.41) is 19.2. The van der Waals surface area contributed by atoms with E-state index in [1.165, 1.54) is 12.3 Å². The molecule has 0 spiro atoms. The lowest BCUT2D eigenvalue weighted by atomic mass is 10.0. The van der Waals surface area contributed by atoms with E-state index in [1.54, 1.807) is 11.4 Å². The highest BCUT2D eigenvalue weighted by Crippen LogP contribution is 2.38. The van der Waals surface area contributed by atoms with Gasteiger partial charge in [-0.15, -0.1) is 0 Å². The van der Waals surface area contributed by atoms with Gasteiger partial charge in [0.15, 0.2) is 5.82 Å². The average Bonchev–Trinajstić information content (AvgIpc) is 3.41. The van der Waals surface area contributed by atoms with Crippen molar-refractivity contribution in [2.45, 2.75) is 42.7 Å². The second-order valence-corrected chi connectivity index (χ2v) is 10.1. The number of likely N-dealkylation sites (tertiary alicyclic amines) is 1. The smallest absolute Gasteiger partial charge is 0.157 e. The molecule has 1 saturated heterocycles. The third kappa shape index (κ3) is 4.06. The zero-order valence-corrected chi connectivity index (χ0v) is 20.7. The monoisotopic (exact) mass is 495 g/mol. The molecule has 5 heterocycles. The Morgan fingerprint density at radius 2 is 1.94 bits per heavy atom. The molecule has 1 aliphatic heterocycles. The number of piperidine rings is 1. The van der Waals surface area contributed by atoms with E-state index in [1.807, 2.05) is 18.5 Å². The van der Waals surface area contributed by atoms with Crippen molar-refractivity contribution in [3.05, 3.63) is 58.5 Å². The van der Waals surface area contributed by atoms with Crippen LogP contribution in [0.1, 0.15) is 35.8 Å². The molecule has 0 bridgehead atoms. The minimum atomic E-state index is -0.506. The van der Waals surface area contributed by atoms with Crippen molar-refractivity contribution in [2.75, 3.05) is 20.1 Å². The first-order chi connectivity index (χ1) is 16.4. The number of aryl methyl sites for hydroxylation is 1. The molecule has 0 unspecified atom stereocenters. The zero-order valence-electron chi connectivity index (χ0n) is 19.1. The molecule has 1 fully saturated rings. The van der Waals surface area contributed by atoms with E-state index in [0.29, 0.717) is 27.7 Å². The molecule has 0 amide bonds. The molecule has 7 nitrogen and oxygen atoms in total. The van der Waals surface area contributed by atoms with Gasteiger partial charge in [0, 0.05) is 27.9 Å². The Morgan fingerprint density at radius 1 is 1.18 bits per heavy atom. The van der Waals surface area contributed by atoms with Crippen LogP contribution in [-0.4, -0.2) is 49.4 Å². The lowest BCUT2D eigenvalue weighted by Crippen LogP contribution is -2.32. The van der Waals surface area contributed by atoms with Gasteiger partial charge in [-0.1, -0.05) is 23.4 Å². The standard InChI is InChI=1S/C24H23ClFN7S/c1-14-20(25)9-21(26)24(30-14)34-22-8-16(13-32-23(22)17(10-27)11-28-32)19-12-29-33(15(19)2)18-4-6-31(3)7-5-18/h8-9,11-13,18H,4-7H2,1-3H3. The van der Waals surface area contributed by atoms with Gasteiger partial charge >= 0.3 is 0 Å². The van der Waals surface area contributed by atoms with Crippen LogP contribution in [-0.2, 0) is 0 Å². The Morgan fingerprint density at radius 3 is 2.68 bits per heavy atom. The summed E-state index contributed by atoms with van der Waals surface area (Å²) in [5.74, 6) is -0.506. The SMILES string of the molecule is Cc1nc(Sc2cc(-c3cnn(C4CCN(C)CC4)c3C)cn3ncc(C#N)c23)c(F)cc1Cl. The lowest BCUT2D eigenvalue weighted by molar-refractivity contribution is 0.210. The first-order valence-corrected chi connectivity index (χ1v) is 12.2. The van der Waals surface area contributed by atoms with Gasteiger partial charge in [0.1, 0.15) is 11.1 Å². The molecule has 0 atom stereocenters. The molecule has 0 aliphatic carbocycles. The van der Waals surface area contributed by atoms with Crippen molar-refractivity contribution in [3.63, 3.8) is 0 Å². The second kappa shape index (κ2) is 9.02. The number of hydrogen-bond acceptors (Lipinski definition) is 6. The topological polar surface area (TPSA) is 75.0 Å². The number of hydrogen-bond donors (Lipinski definition) is 0. The van der Waals surface area contributed by atoms with Crippen molar-refractivity contribution < 1.29 is 4.39 Å². The summed E-state index contributed by atoms with van der Waals surface area (Å²) in [6, 6.07) is 5.77. The van der Waals surface area contributed by atoms with E-state index >= 15 is 0 Å². The number of nitriles is 1. The van der Waals surface area contributed by atoms with Gasteiger partial charge in [0.05, 0.1) is 40.2 Å². The van der Waals surface area contributed by atoms with Crippen molar-refractivity contribution >= 4 is 28.9 Å². The average molecular weight is 496 g/mol. The summed E-state index contributed by atoms with van der Waals surface area (Å²) >= 11 is 7.19. The van der Waals surface area contributed by atoms with Gasteiger partial charge in [-0.05, 0) is 59.0 Å². The third-order valence-electron chi connectivity index (χ3n) is 6.37. The predicted octanol–water partition coefficient (Wildman–Crippen LogP) is 5.29. The number of pyridine rings is 2. The van der Waals surface area contributed by atoms with E-state index in [-0.39, 0.29) is 10.0 Å². The molecular weight excluding hydrogens is 473 g/mol. The fourth-order valence-electron chi connectivity index (χ4n) is 4.42. The minimum absolute atomic E-state index is 0.199. The Labute approximate surface area is 206 Å². The number of fused-ring (bicyclic) bond motifs is 1. The van der Waals surface area contributed by atoms with Crippen molar-refractivity contribution in [1.29, 1.82) is 5.26 Å². The highest BCUT2D eigenvalue weighted by Gasteiger charge is 2.23. The van der Waals surface area contributed by atoms with Crippen molar-refractivity contribution in [2.24, 2.45) is 0 Å². The summed E-state index contributed by atoms with van der Waals surface area (Å²) in [5.41, 5.74) is 4.53. The van der Waals surface area contributed by atoms with Crippen LogP contribution in [0.4, 0.5) is 4.39 Å². The third-order valence-corrected chi connectivity index (χ3v) is 7.76. The van der Waals surface area contributed by atoms with Crippen LogP contribution >= 0.6 is 23.4 Å². The van der Waals surface area contributed by atoms with Crippen molar-refractivity contribution in [3.8, 4) is 17.2 Å². The molecule has 174 valence electrons. The Kier molecular flexibility index (Phi) is 6.06. The molecule has 34 heavy (non-hydrogen) atoms. The highest BCUT2D eigenvalue weighted by molar-refractivity contribution is 7.99. The molecule has 1 aliphatic rings. The van der Waals surface area contributed by atoms with Crippen LogP contribution in [0.25, 0.3) is 16.6 Å². The minimum Gasteiger partial charge on any atom is -0.306 e. The molecular formula is C24H23ClFN7S. The zero-order chi connectivity index (χ0) is 24.0. The Hall–Kier alpha value is -2.93. The Bertz CT molecular complexity index is 1430. The van der Waals surface area contributed by atoms with Gasteiger partial charge in [0.25, 0.3) is 0 Å². The van der Waals surface area contributed by atoms with Gasteiger partial charge < -0.3 is 4.90 Å². The van der Waals surface area contributed by atoms with Gasteiger partial charge in [-0.25, -0.2) is 13.9 Å². The summed E-state index contributed by atoms with van der Waals surface area (Å²) in [4.78, 5) is 7.35. The van der Waals surface area contributed by atoms with Gasteiger partial charge in [0.2, 0.25) is 0 Å².